The van der Waals surface area contributed by atoms with Gasteiger partial charge >= 0.3 is 0 Å². The molecule has 16 heavy (non-hydrogen) atoms. The van der Waals surface area contributed by atoms with Crippen LogP contribution in [0.2, 0.25) is 0 Å². The van der Waals surface area contributed by atoms with E-state index in [9.17, 15) is 5.11 Å². The summed E-state index contributed by atoms with van der Waals surface area (Å²) in [6, 6.07) is 2.39. The monoisotopic (exact) mass is 222 g/mol. The molecule has 2 unspecified atom stereocenters. The van der Waals surface area contributed by atoms with E-state index >= 15 is 0 Å². The zero-order valence-corrected chi connectivity index (χ0v) is 10.3. The van der Waals surface area contributed by atoms with E-state index in [-0.39, 0.29) is 12.1 Å². The van der Waals surface area contributed by atoms with Gasteiger partial charge in [0.2, 0.25) is 0 Å². The molecule has 1 aromatic heterocycles. The number of rotatable bonds is 3. The summed E-state index contributed by atoms with van der Waals surface area (Å²) in [6.07, 6.45) is 6.13. The first kappa shape index (κ1) is 11.6. The topological polar surface area (TPSA) is 38.0 Å². The largest absolute Gasteiger partial charge is 0.391 e. The second kappa shape index (κ2) is 5.00. The number of aromatic nitrogens is 2. The molecule has 0 bridgehead atoms. The second-order valence-electron chi connectivity index (χ2n) is 4.70. The first-order valence-corrected chi connectivity index (χ1v) is 6.51. The fourth-order valence-corrected chi connectivity index (χ4v) is 2.59. The van der Waals surface area contributed by atoms with Gasteiger partial charge in [0.25, 0.3) is 0 Å². The lowest BCUT2D eigenvalue weighted by Gasteiger charge is -2.29. The lowest BCUT2D eigenvalue weighted by Crippen LogP contribution is -2.29. The van der Waals surface area contributed by atoms with E-state index in [1.54, 1.807) is 0 Å². The van der Waals surface area contributed by atoms with Gasteiger partial charge in [-0.3, -0.25) is 4.68 Å². The molecular formula is C13H22N2O. The fourth-order valence-electron chi connectivity index (χ4n) is 2.59. The highest BCUT2D eigenvalue weighted by Gasteiger charge is 2.26. The Morgan fingerprint density at radius 1 is 1.31 bits per heavy atom. The average molecular weight is 222 g/mol. The molecule has 1 aliphatic rings. The van der Waals surface area contributed by atoms with Crippen LogP contribution in [0.15, 0.2) is 6.07 Å². The van der Waals surface area contributed by atoms with Gasteiger partial charge in [-0.15, -0.1) is 0 Å². The Kier molecular flexibility index (Phi) is 3.64. The van der Waals surface area contributed by atoms with Crippen molar-refractivity contribution in [2.45, 2.75) is 64.5 Å². The van der Waals surface area contributed by atoms with E-state index < -0.39 is 0 Å². The van der Waals surface area contributed by atoms with Crippen LogP contribution in [0.25, 0.3) is 0 Å². The molecule has 90 valence electrons. The SMILES string of the molecule is CCc1cc(CC)n(C2CCCCC2O)n1. The first-order chi connectivity index (χ1) is 7.76. The van der Waals surface area contributed by atoms with Crippen molar-refractivity contribution in [3.8, 4) is 0 Å². The van der Waals surface area contributed by atoms with Crippen molar-refractivity contribution in [3.05, 3.63) is 17.5 Å². The minimum absolute atomic E-state index is 0.205. The molecule has 1 saturated carbocycles. The van der Waals surface area contributed by atoms with Gasteiger partial charge in [0.05, 0.1) is 17.8 Å². The summed E-state index contributed by atoms with van der Waals surface area (Å²) in [7, 11) is 0. The molecule has 1 fully saturated rings. The van der Waals surface area contributed by atoms with Gasteiger partial charge in [-0.1, -0.05) is 26.7 Å². The van der Waals surface area contributed by atoms with E-state index in [4.69, 9.17) is 0 Å². The number of aryl methyl sites for hydroxylation is 2. The molecular weight excluding hydrogens is 200 g/mol. The molecule has 1 heterocycles. The zero-order chi connectivity index (χ0) is 11.5. The number of hydrogen-bond acceptors (Lipinski definition) is 2. The Labute approximate surface area is 97.5 Å². The van der Waals surface area contributed by atoms with Crippen molar-refractivity contribution in [2.75, 3.05) is 0 Å². The van der Waals surface area contributed by atoms with E-state index in [1.165, 1.54) is 12.1 Å². The summed E-state index contributed by atoms with van der Waals surface area (Å²) in [6.45, 7) is 4.28. The molecule has 2 atom stereocenters. The molecule has 1 aromatic rings. The normalized spacial score (nSPS) is 25.9. The fraction of sp³-hybridized carbons (Fsp3) is 0.769. The van der Waals surface area contributed by atoms with Crippen LogP contribution in [0.1, 0.15) is 57.0 Å². The number of nitrogens with zero attached hydrogens (tertiary/aromatic N) is 2. The highest BCUT2D eigenvalue weighted by Crippen LogP contribution is 2.29. The maximum atomic E-state index is 10.1. The van der Waals surface area contributed by atoms with E-state index in [2.05, 4.69) is 29.7 Å². The van der Waals surface area contributed by atoms with Gasteiger partial charge in [-0.05, 0) is 31.7 Å². The third-order valence-electron chi connectivity index (χ3n) is 3.60. The first-order valence-electron chi connectivity index (χ1n) is 6.51. The van der Waals surface area contributed by atoms with Gasteiger partial charge < -0.3 is 5.11 Å². The third kappa shape index (κ3) is 2.14. The van der Waals surface area contributed by atoms with Crippen molar-refractivity contribution in [1.29, 1.82) is 0 Å². The summed E-state index contributed by atoms with van der Waals surface area (Å²) in [5, 5.41) is 14.7. The Morgan fingerprint density at radius 2 is 2.06 bits per heavy atom. The van der Waals surface area contributed by atoms with Crippen molar-refractivity contribution >= 4 is 0 Å². The third-order valence-corrected chi connectivity index (χ3v) is 3.60. The van der Waals surface area contributed by atoms with Crippen molar-refractivity contribution in [1.82, 2.24) is 9.78 Å². The smallest absolute Gasteiger partial charge is 0.0781 e. The van der Waals surface area contributed by atoms with Gasteiger partial charge in [-0.25, -0.2) is 0 Å². The number of hydrogen-bond donors (Lipinski definition) is 1. The van der Waals surface area contributed by atoms with Gasteiger partial charge in [0, 0.05) is 5.69 Å². The van der Waals surface area contributed by atoms with Crippen LogP contribution in [0, 0.1) is 0 Å². The summed E-state index contributed by atoms with van der Waals surface area (Å²) < 4.78 is 2.09. The minimum atomic E-state index is -0.205. The van der Waals surface area contributed by atoms with Crippen molar-refractivity contribution < 1.29 is 5.11 Å². The lowest BCUT2D eigenvalue weighted by molar-refractivity contribution is 0.0678. The molecule has 0 spiro atoms. The molecule has 0 aliphatic heterocycles. The predicted molar refractivity (Wildman–Crippen MR) is 64.5 cm³/mol. The maximum absolute atomic E-state index is 10.1. The Bertz CT molecular complexity index is 346. The Hall–Kier alpha value is -0.830. The predicted octanol–water partition coefficient (Wildman–Crippen LogP) is 2.48. The highest BCUT2D eigenvalue weighted by atomic mass is 16.3. The second-order valence-corrected chi connectivity index (χ2v) is 4.70. The van der Waals surface area contributed by atoms with Crippen LogP contribution >= 0.6 is 0 Å². The molecule has 0 radical (unpaired) electrons. The lowest BCUT2D eigenvalue weighted by atomic mass is 9.92. The van der Waals surface area contributed by atoms with Crippen LogP contribution in [-0.4, -0.2) is 21.0 Å². The zero-order valence-electron chi connectivity index (χ0n) is 10.3. The van der Waals surface area contributed by atoms with Crippen LogP contribution < -0.4 is 0 Å². The van der Waals surface area contributed by atoms with E-state index in [0.29, 0.717) is 0 Å². The highest BCUT2D eigenvalue weighted by molar-refractivity contribution is 5.11. The Morgan fingerprint density at radius 3 is 2.69 bits per heavy atom. The molecule has 2 rings (SSSR count). The van der Waals surface area contributed by atoms with E-state index in [0.717, 1.165) is 37.8 Å². The molecule has 1 N–H and O–H groups in total. The van der Waals surface area contributed by atoms with Crippen molar-refractivity contribution in [2.24, 2.45) is 0 Å². The number of aliphatic hydroxyl groups is 1. The molecule has 0 amide bonds. The quantitative estimate of drug-likeness (QED) is 0.853. The molecule has 0 saturated heterocycles. The van der Waals surface area contributed by atoms with Gasteiger partial charge in [0.1, 0.15) is 0 Å². The summed E-state index contributed by atoms with van der Waals surface area (Å²) in [5.74, 6) is 0. The minimum Gasteiger partial charge on any atom is -0.391 e. The number of aliphatic hydroxyl groups excluding tert-OH is 1. The summed E-state index contributed by atoms with van der Waals surface area (Å²) in [4.78, 5) is 0. The van der Waals surface area contributed by atoms with Crippen LogP contribution in [0.4, 0.5) is 0 Å². The van der Waals surface area contributed by atoms with Crippen LogP contribution in [-0.2, 0) is 12.8 Å². The van der Waals surface area contributed by atoms with Crippen molar-refractivity contribution in [3.63, 3.8) is 0 Å². The van der Waals surface area contributed by atoms with Gasteiger partial charge in [0.15, 0.2) is 0 Å². The molecule has 0 aromatic carbocycles. The molecule has 1 aliphatic carbocycles. The van der Waals surface area contributed by atoms with E-state index in [1.807, 2.05) is 0 Å². The maximum Gasteiger partial charge on any atom is 0.0781 e. The van der Waals surface area contributed by atoms with Gasteiger partial charge in [-0.2, -0.15) is 5.10 Å². The molecule has 3 heteroatoms. The molecule has 3 nitrogen and oxygen atoms in total. The summed E-state index contributed by atoms with van der Waals surface area (Å²) >= 11 is 0. The Balaban J connectivity index is 2.26. The summed E-state index contributed by atoms with van der Waals surface area (Å²) in [5.41, 5.74) is 2.41. The standard InChI is InChI=1S/C13H22N2O/c1-3-10-9-11(4-2)15(14-10)12-7-5-6-8-13(12)16/h9,12-13,16H,3-8H2,1-2H3. The average Bonchev–Trinajstić information content (AvgIpc) is 2.72. The van der Waals surface area contributed by atoms with Crippen LogP contribution in [0.3, 0.4) is 0 Å². The van der Waals surface area contributed by atoms with Crippen LogP contribution in [0.5, 0.6) is 0 Å².